The van der Waals surface area contributed by atoms with Gasteiger partial charge in [-0.25, -0.2) is 13.8 Å². The van der Waals surface area contributed by atoms with E-state index in [4.69, 9.17) is 4.74 Å². The number of carbonyl (C=O) groups is 1. The minimum absolute atomic E-state index is 0.00757. The Morgan fingerprint density at radius 1 is 1.44 bits per heavy atom. The maximum atomic E-state index is 13.8. The maximum absolute atomic E-state index is 13.8. The van der Waals surface area contributed by atoms with Crippen molar-refractivity contribution in [2.45, 2.75) is 32.8 Å². The molecule has 2 rings (SSSR count). The van der Waals surface area contributed by atoms with Crippen molar-refractivity contribution in [1.29, 1.82) is 0 Å². The molecule has 2 N–H and O–H groups in total. The smallest absolute Gasteiger partial charge is 0.205 e. The summed E-state index contributed by atoms with van der Waals surface area (Å²) in [5, 5.41) is 2.96. The molecular formula is C17H20F2N3O2P. The summed E-state index contributed by atoms with van der Waals surface area (Å²) in [5.41, 5.74) is 0.696. The molecule has 1 aromatic heterocycles. The molecule has 25 heavy (non-hydrogen) atoms. The predicted octanol–water partition coefficient (Wildman–Crippen LogP) is 3.10. The van der Waals surface area contributed by atoms with Gasteiger partial charge >= 0.3 is 0 Å². The van der Waals surface area contributed by atoms with E-state index in [1.54, 1.807) is 13.8 Å². The van der Waals surface area contributed by atoms with E-state index in [0.29, 0.717) is 22.8 Å². The Balaban J connectivity index is 2.12. The summed E-state index contributed by atoms with van der Waals surface area (Å²) in [7, 11) is 2.45. The Hall–Kier alpha value is -2.27. The van der Waals surface area contributed by atoms with Gasteiger partial charge in [0, 0.05) is 12.5 Å². The molecule has 0 aliphatic rings. The first-order valence-electron chi connectivity index (χ1n) is 7.52. The SMILES string of the molecule is C=C(Nc1nc(P)c(CC(C)=O)[nH]1)C(C)(C)Oc1ccc(F)cc1F. The van der Waals surface area contributed by atoms with E-state index in [1.807, 2.05) is 0 Å². The Bertz CT molecular complexity index is 818. The second kappa shape index (κ2) is 7.31. The fourth-order valence-corrected chi connectivity index (χ4v) is 2.36. The van der Waals surface area contributed by atoms with Crippen molar-refractivity contribution in [2.75, 3.05) is 5.32 Å². The third-order valence-corrected chi connectivity index (χ3v) is 3.97. The fraction of sp³-hybridized carbons (Fsp3) is 0.294. The van der Waals surface area contributed by atoms with Gasteiger partial charge in [-0.3, -0.25) is 4.79 Å². The predicted molar refractivity (Wildman–Crippen MR) is 96.1 cm³/mol. The van der Waals surface area contributed by atoms with E-state index in [1.165, 1.54) is 13.0 Å². The van der Waals surface area contributed by atoms with E-state index in [9.17, 15) is 13.6 Å². The number of ether oxygens (including phenoxy) is 1. The lowest BCUT2D eigenvalue weighted by atomic mass is 10.1. The number of hydrogen-bond acceptors (Lipinski definition) is 4. The molecule has 134 valence electrons. The Labute approximate surface area is 147 Å². The van der Waals surface area contributed by atoms with Crippen LogP contribution in [0.3, 0.4) is 0 Å². The van der Waals surface area contributed by atoms with Crippen LogP contribution in [0.15, 0.2) is 30.5 Å². The van der Waals surface area contributed by atoms with Crippen LogP contribution >= 0.6 is 9.24 Å². The highest BCUT2D eigenvalue weighted by atomic mass is 31.0. The highest BCUT2D eigenvalue weighted by molar-refractivity contribution is 7.27. The number of halogens is 2. The molecule has 1 heterocycles. The van der Waals surface area contributed by atoms with Crippen molar-refractivity contribution in [1.82, 2.24) is 9.97 Å². The summed E-state index contributed by atoms with van der Waals surface area (Å²) in [6.07, 6.45) is 0.237. The molecule has 0 fully saturated rings. The fourth-order valence-electron chi connectivity index (χ4n) is 2.05. The minimum Gasteiger partial charge on any atom is -0.479 e. The summed E-state index contributed by atoms with van der Waals surface area (Å²) >= 11 is 0. The number of anilines is 1. The molecule has 0 saturated carbocycles. The van der Waals surface area contributed by atoms with Crippen molar-refractivity contribution < 1.29 is 18.3 Å². The first-order chi connectivity index (χ1) is 11.6. The molecule has 0 spiro atoms. The molecule has 1 unspecified atom stereocenters. The zero-order chi connectivity index (χ0) is 18.8. The molecule has 0 bridgehead atoms. The number of nitrogens with zero attached hydrogens (tertiary/aromatic N) is 1. The largest absolute Gasteiger partial charge is 0.479 e. The summed E-state index contributed by atoms with van der Waals surface area (Å²) in [6.45, 7) is 8.76. The highest BCUT2D eigenvalue weighted by Crippen LogP contribution is 2.27. The molecule has 0 aliphatic heterocycles. The average molecular weight is 367 g/mol. The van der Waals surface area contributed by atoms with Crippen LogP contribution in [0.2, 0.25) is 0 Å². The number of ketones is 1. The number of aromatic nitrogens is 2. The molecule has 1 aromatic carbocycles. The molecule has 5 nitrogen and oxygen atoms in total. The van der Waals surface area contributed by atoms with E-state index >= 15 is 0 Å². The van der Waals surface area contributed by atoms with Crippen LogP contribution in [0.4, 0.5) is 14.7 Å². The van der Waals surface area contributed by atoms with Gasteiger partial charge in [-0.05, 0) is 32.9 Å². The molecular weight excluding hydrogens is 347 g/mol. The van der Waals surface area contributed by atoms with Crippen molar-refractivity contribution in [3.05, 3.63) is 47.8 Å². The molecule has 0 radical (unpaired) electrons. The van der Waals surface area contributed by atoms with Gasteiger partial charge in [-0.2, -0.15) is 0 Å². The lowest BCUT2D eigenvalue weighted by molar-refractivity contribution is -0.116. The third kappa shape index (κ3) is 4.86. The van der Waals surface area contributed by atoms with E-state index < -0.39 is 17.2 Å². The van der Waals surface area contributed by atoms with Gasteiger partial charge in [0.25, 0.3) is 0 Å². The zero-order valence-corrected chi connectivity index (χ0v) is 15.4. The van der Waals surface area contributed by atoms with Crippen molar-refractivity contribution in [2.24, 2.45) is 0 Å². The Kier molecular flexibility index (Phi) is 5.58. The van der Waals surface area contributed by atoms with E-state index in [0.717, 1.165) is 12.1 Å². The van der Waals surface area contributed by atoms with Gasteiger partial charge in [0.1, 0.15) is 17.2 Å². The summed E-state index contributed by atoms with van der Waals surface area (Å²) in [6, 6.07) is 3.09. The standard InChI is InChI=1S/C17H20F2N3O2P/c1-9(23)7-13-15(25)22-16(21-13)20-10(2)17(3,4)24-14-6-5-11(18)8-12(14)19/h5-6,8H,2,7,25H2,1,3-4H3,(H2,20,21,22). The van der Waals surface area contributed by atoms with Crippen molar-refractivity contribution >= 4 is 26.4 Å². The summed E-state index contributed by atoms with van der Waals surface area (Å²) < 4.78 is 32.4. The number of Topliss-reactive ketones (excluding diaryl/α,β-unsaturated/α-hetero) is 1. The van der Waals surface area contributed by atoms with E-state index in [2.05, 4.69) is 31.1 Å². The molecule has 0 saturated heterocycles. The Morgan fingerprint density at radius 2 is 2.12 bits per heavy atom. The van der Waals surface area contributed by atoms with E-state index in [-0.39, 0.29) is 18.0 Å². The first-order valence-corrected chi connectivity index (χ1v) is 8.10. The molecule has 0 amide bonds. The monoisotopic (exact) mass is 367 g/mol. The first kappa shape index (κ1) is 19.1. The van der Waals surface area contributed by atoms with Crippen LogP contribution in [-0.2, 0) is 11.2 Å². The minimum atomic E-state index is -1.01. The van der Waals surface area contributed by atoms with Crippen LogP contribution < -0.4 is 15.5 Å². The number of nitrogens with one attached hydrogen (secondary N) is 2. The summed E-state index contributed by atoms with van der Waals surface area (Å²) in [4.78, 5) is 18.5. The van der Waals surface area contributed by atoms with Gasteiger partial charge in [0.05, 0.1) is 16.8 Å². The maximum Gasteiger partial charge on any atom is 0.205 e. The van der Waals surface area contributed by atoms with Gasteiger partial charge in [0.2, 0.25) is 5.95 Å². The zero-order valence-electron chi connectivity index (χ0n) is 14.2. The van der Waals surface area contributed by atoms with Gasteiger partial charge in [0.15, 0.2) is 11.6 Å². The van der Waals surface area contributed by atoms with Crippen LogP contribution in [0.25, 0.3) is 0 Å². The number of hydrogen-bond donors (Lipinski definition) is 2. The van der Waals surface area contributed by atoms with Gasteiger partial charge < -0.3 is 15.0 Å². The number of carbonyl (C=O) groups excluding carboxylic acids is 1. The Morgan fingerprint density at radius 3 is 2.72 bits per heavy atom. The number of H-pyrrole nitrogens is 1. The quantitative estimate of drug-likeness (QED) is 0.738. The van der Waals surface area contributed by atoms with Crippen LogP contribution in [-0.4, -0.2) is 21.4 Å². The number of benzene rings is 1. The topological polar surface area (TPSA) is 67.0 Å². The average Bonchev–Trinajstić information content (AvgIpc) is 2.81. The third-order valence-electron chi connectivity index (χ3n) is 3.49. The molecule has 1 atom stereocenters. The number of rotatable bonds is 7. The molecule has 8 heteroatoms. The number of imidazole rings is 1. The number of aromatic amines is 1. The van der Waals surface area contributed by atoms with Gasteiger partial charge in [-0.1, -0.05) is 15.8 Å². The molecule has 2 aromatic rings. The van der Waals surface area contributed by atoms with Crippen LogP contribution in [0, 0.1) is 11.6 Å². The van der Waals surface area contributed by atoms with Crippen LogP contribution in [0.1, 0.15) is 26.5 Å². The lowest BCUT2D eigenvalue weighted by Gasteiger charge is -2.29. The highest BCUT2D eigenvalue weighted by Gasteiger charge is 2.26. The normalized spacial score (nSPS) is 11.3. The van der Waals surface area contributed by atoms with Crippen LogP contribution in [0.5, 0.6) is 5.75 Å². The second-order valence-corrected chi connectivity index (χ2v) is 6.67. The van der Waals surface area contributed by atoms with Gasteiger partial charge in [-0.15, -0.1) is 0 Å². The summed E-state index contributed by atoms with van der Waals surface area (Å²) in [5.74, 6) is -1.16. The second-order valence-electron chi connectivity index (χ2n) is 6.12. The lowest BCUT2D eigenvalue weighted by Crippen LogP contribution is -2.34. The van der Waals surface area contributed by atoms with Crippen molar-refractivity contribution in [3.8, 4) is 5.75 Å². The van der Waals surface area contributed by atoms with Crippen molar-refractivity contribution in [3.63, 3.8) is 0 Å². The molecule has 0 aliphatic carbocycles.